The quantitative estimate of drug-likeness (QED) is 0.163. The Balaban J connectivity index is 1.33. The van der Waals surface area contributed by atoms with E-state index < -0.39 is 84.3 Å². The second-order valence-corrected chi connectivity index (χ2v) is 14.4. The van der Waals surface area contributed by atoms with Crippen LogP contribution in [0.3, 0.4) is 0 Å². The van der Waals surface area contributed by atoms with Crippen LogP contribution < -0.4 is 10.6 Å². The van der Waals surface area contributed by atoms with E-state index in [1.165, 1.54) is 0 Å². The number of ether oxygens (including phenoxy) is 1. The van der Waals surface area contributed by atoms with Gasteiger partial charge in [0.2, 0.25) is 17.6 Å². The Hall–Kier alpha value is -3.16. The smallest absolute Gasteiger partial charge is 0.328 e. The lowest BCUT2D eigenvalue weighted by Gasteiger charge is -2.60. The van der Waals surface area contributed by atoms with Crippen molar-refractivity contribution in [2.45, 2.75) is 109 Å². The summed E-state index contributed by atoms with van der Waals surface area (Å²) >= 11 is 0. The Morgan fingerprint density at radius 1 is 1.04 bits per heavy atom. The molecule has 0 aromatic heterocycles. The molecule has 0 saturated heterocycles. The van der Waals surface area contributed by atoms with Crippen LogP contribution in [0.4, 0.5) is 0 Å². The number of amides is 2. The van der Waals surface area contributed by atoms with Gasteiger partial charge in [0.15, 0.2) is 12.4 Å². The summed E-state index contributed by atoms with van der Waals surface area (Å²) in [6.07, 6.45) is 3.81. The van der Waals surface area contributed by atoms with Gasteiger partial charge in [-0.25, -0.2) is 4.79 Å². The minimum atomic E-state index is -1.80. The number of esters is 1. The summed E-state index contributed by atoms with van der Waals surface area (Å²) in [6.45, 7) is 5.71. The highest BCUT2D eigenvalue weighted by Gasteiger charge is 2.68. The highest BCUT2D eigenvalue weighted by atomic mass is 16.5. The first kappa shape index (κ1) is 35.7. The molecule has 0 aromatic rings. The van der Waals surface area contributed by atoms with E-state index in [9.17, 15) is 39.0 Å². The number of carbonyl (C=O) groups is 6. The van der Waals surface area contributed by atoms with Gasteiger partial charge in [0, 0.05) is 18.3 Å². The van der Waals surface area contributed by atoms with Crippen LogP contribution in [0.25, 0.3) is 0 Å². The van der Waals surface area contributed by atoms with Crippen molar-refractivity contribution in [3.63, 3.8) is 0 Å². The highest BCUT2D eigenvalue weighted by molar-refractivity contribution is 5.93. The molecule has 4 rings (SSSR count). The molecule has 13 nitrogen and oxygen atoms in total. The maximum Gasteiger partial charge on any atom is 0.328 e. The summed E-state index contributed by atoms with van der Waals surface area (Å²) in [5.74, 6) is -4.76. The molecule has 46 heavy (non-hydrogen) atoms. The van der Waals surface area contributed by atoms with E-state index >= 15 is 0 Å². The van der Waals surface area contributed by atoms with Crippen LogP contribution in [-0.2, 0) is 33.5 Å². The number of fused-ring (bicyclic) bond motifs is 5. The Kier molecular flexibility index (Phi) is 10.5. The number of carboxylic acid groups (broad SMARTS) is 1. The lowest BCUT2D eigenvalue weighted by Crippen LogP contribution is -2.62. The van der Waals surface area contributed by atoms with Gasteiger partial charge in [0.1, 0.15) is 17.7 Å². The van der Waals surface area contributed by atoms with Crippen molar-refractivity contribution in [2.75, 3.05) is 13.2 Å². The molecule has 3 fully saturated rings. The third kappa shape index (κ3) is 6.50. The third-order valence-electron chi connectivity index (χ3n) is 11.5. The number of nitrogens with one attached hydrogen (secondary N) is 2. The summed E-state index contributed by atoms with van der Waals surface area (Å²) in [5.41, 5.74) is -1.94. The van der Waals surface area contributed by atoms with Crippen molar-refractivity contribution >= 4 is 35.3 Å². The molecule has 6 N–H and O–H groups in total. The highest BCUT2D eigenvalue weighted by Crippen LogP contribution is 2.67. The van der Waals surface area contributed by atoms with Crippen molar-refractivity contribution in [1.82, 2.24) is 10.6 Å². The normalized spacial score (nSPS) is 34.7. The van der Waals surface area contributed by atoms with Gasteiger partial charge in [-0.1, -0.05) is 33.3 Å². The monoisotopic (exact) mass is 648 g/mol. The maximum absolute atomic E-state index is 13.5. The Morgan fingerprint density at radius 3 is 2.37 bits per heavy atom. The lowest BCUT2D eigenvalue weighted by atomic mass is 9.45. The summed E-state index contributed by atoms with van der Waals surface area (Å²) in [5, 5.41) is 46.2. The van der Waals surface area contributed by atoms with Gasteiger partial charge in [0.25, 0.3) is 0 Å². The molecule has 0 aliphatic heterocycles. The first-order chi connectivity index (χ1) is 21.5. The van der Waals surface area contributed by atoms with Gasteiger partial charge < -0.3 is 35.8 Å². The minimum Gasteiger partial charge on any atom is -0.480 e. The maximum atomic E-state index is 13.5. The molecule has 0 bridgehead atoms. The number of hydrogen-bond donors (Lipinski definition) is 6. The van der Waals surface area contributed by atoms with Gasteiger partial charge in [0.05, 0.1) is 19.1 Å². The van der Waals surface area contributed by atoms with Crippen LogP contribution in [0.5, 0.6) is 0 Å². The van der Waals surface area contributed by atoms with Crippen LogP contribution in [0.15, 0.2) is 11.6 Å². The third-order valence-corrected chi connectivity index (χ3v) is 11.5. The molecular formula is C33H48N2O11. The summed E-state index contributed by atoms with van der Waals surface area (Å²) in [4.78, 5) is 74.2. The molecular weight excluding hydrogens is 600 g/mol. The average molecular weight is 649 g/mol. The summed E-state index contributed by atoms with van der Waals surface area (Å²) < 4.78 is 5.18. The number of aliphatic hydroxyl groups is 3. The SMILES string of the molecule is CC(C)[C@@H](NC(=O)CCC(=O)OCC(=O)[C@@]1(O)CC[C@H]2[C@H]3CCC4=CC(=O)CC[C@]4(C)[C@@H]3[C@@H](O)C[C@@]21C)C(=O)N[C@H](CO)C(=O)O. The standard InChI is InChI=1S/C33H48N2O11/c1-17(2)28(29(42)34-22(15-36)30(43)44)35-25(40)7-8-26(41)46-16-24(39)33(45)12-10-21-20-6-5-18-13-19(37)9-11-31(18,3)27(20)23(38)14-32(21,33)4/h13,17,20-23,27-28,36,38,45H,5-12,14-16H2,1-4H3,(H,34,42)(H,35,40)(H,43,44)/t20-,21+,22-,23+,27+,28-,31+,32+,33+/m1/s1. The second-order valence-electron chi connectivity index (χ2n) is 14.4. The molecule has 0 aromatic carbocycles. The van der Waals surface area contributed by atoms with Crippen molar-refractivity contribution in [3.05, 3.63) is 11.6 Å². The van der Waals surface area contributed by atoms with Crippen molar-refractivity contribution in [1.29, 1.82) is 0 Å². The molecule has 3 saturated carbocycles. The van der Waals surface area contributed by atoms with Crippen LogP contribution in [0, 0.1) is 34.5 Å². The van der Waals surface area contributed by atoms with Crippen LogP contribution in [0.2, 0.25) is 0 Å². The number of carbonyl (C=O) groups excluding carboxylic acids is 5. The number of aliphatic hydroxyl groups excluding tert-OH is 2. The first-order valence-corrected chi connectivity index (χ1v) is 16.2. The zero-order valence-corrected chi connectivity index (χ0v) is 27.0. The molecule has 4 aliphatic carbocycles. The number of ketones is 2. The van der Waals surface area contributed by atoms with E-state index in [-0.39, 0.29) is 48.2 Å². The van der Waals surface area contributed by atoms with Crippen LogP contribution in [0.1, 0.15) is 85.5 Å². The minimum absolute atomic E-state index is 0.0282. The predicted molar refractivity (Wildman–Crippen MR) is 162 cm³/mol. The van der Waals surface area contributed by atoms with E-state index in [1.807, 2.05) is 6.92 Å². The molecule has 256 valence electrons. The van der Waals surface area contributed by atoms with Crippen molar-refractivity contribution < 1.29 is 53.9 Å². The number of rotatable bonds is 12. The molecule has 13 heteroatoms. The Morgan fingerprint density at radius 2 is 1.74 bits per heavy atom. The lowest BCUT2D eigenvalue weighted by molar-refractivity contribution is -0.184. The fraction of sp³-hybridized carbons (Fsp3) is 0.758. The summed E-state index contributed by atoms with van der Waals surface area (Å²) in [6, 6.07) is -2.66. The van der Waals surface area contributed by atoms with Gasteiger partial charge >= 0.3 is 11.9 Å². The van der Waals surface area contributed by atoms with E-state index in [1.54, 1.807) is 19.9 Å². The Bertz CT molecular complexity index is 1300. The first-order valence-electron chi connectivity index (χ1n) is 16.2. The number of aliphatic carboxylic acids is 1. The molecule has 2 amide bonds. The van der Waals surface area contributed by atoms with Gasteiger partial charge in [-0.15, -0.1) is 0 Å². The fourth-order valence-corrected chi connectivity index (χ4v) is 8.93. The van der Waals surface area contributed by atoms with E-state index in [0.29, 0.717) is 19.3 Å². The zero-order valence-electron chi connectivity index (χ0n) is 27.0. The van der Waals surface area contributed by atoms with E-state index in [2.05, 4.69) is 17.6 Å². The van der Waals surface area contributed by atoms with Gasteiger partial charge in [-0.05, 0) is 73.7 Å². The predicted octanol–water partition coefficient (Wildman–Crippen LogP) is 0.815. The molecule has 0 radical (unpaired) electrons. The van der Waals surface area contributed by atoms with Crippen molar-refractivity contribution in [2.24, 2.45) is 34.5 Å². The average Bonchev–Trinajstić information content (AvgIpc) is 3.26. The molecule has 4 aliphatic rings. The van der Waals surface area contributed by atoms with Crippen molar-refractivity contribution in [3.8, 4) is 0 Å². The number of allylic oxidation sites excluding steroid dienone is 1. The van der Waals surface area contributed by atoms with Gasteiger partial charge in [-0.3, -0.25) is 24.0 Å². The molecule has 9 atom stereocenters. The Labute approximate surface area is 268 Å². The van der Waals surface area contributed by atoms with Crippen LogP contribution >= 0.6 is 0 Å². The molecule has 0 unspecified atom stereocenters. The number of Topliss-reactive ketones (excluding diaryl/α,β-unsaturated/α-hetero) is 1. The second kappa shape index (κ2) is 13.5. The summed E-state index contributed by atoms with van der Waals surface area (Å²) in [7, 11) is 0. The number of hydrogen-bond acceptors (Lipinski definition) is 10. The van der Waals surface area contributed by atoms with Crippen LogP contribution in [-0.4, -0.2) is 92.7 Å². The van der Waals surface area contributed by atoms with Gasteiger partial charge in [-0.2, -0.15) is 0 Å². The van der Waals surface area contributed by atoms with E-state index in [4.69, 9.17) is 14.9 Å². The number of carboxylic acids is 1. The van der Waals surface area contributed by atoms with E-state index in [0.717, 1.165) is 18.4 Å². The fourth-order valence-electron chi connectivity index (χ4n) is 8.93. The topological polar surface area (TPSA) is 217 Å². The largest absolute Gasteiger partial charge is 0.480 e. The zero-order chi connectivity index (χ0) is 34.2. The molecule has 0 spiro atoms. The molecule has 0 heterocycles.